The number of fused-ring (bicyclic) bond motifs is 8. The van der Waals surface area contributed by atoms with Gasteiger partial charge in [0.05, 0.1) is 11.0 Å². The summed E-state index contributed by atoms with van der Waals surface area (Å²) < 4.78 is 2.42. The molecule has 1 aromatic heterocycles. The van der Waals surface area contributed by atoms with E-state index in [0.29, 0.717) is 0 Å². The largest absolute Gasteiger partial charge is 0.311 e. The average Bonchev–Trinajstić information content (AvgIpc) is 3.54. The van der Waals surface area contributed by atoms with Gasteiger partial charge in [0.25, 0.3) is 0 Å². The molecule has 0 bridgehead atoms. The summed E-state index contributed by atoms with van der Waals surface area (Å²) in [6, 6.07) is 51.4. The third-order valence-corrected chi connectivity index (χ3v) is 10.7. The quantitative estimate of drug-likeness (QED) is 0.170. The maximum absolute atomic E-state index is 2.46. The predicted octanol–water partition coefficient (Wildman–Crippen LogP) is 13.3. The van der Waals surface area contributed by atoms with Gasteiger partial charge in [0.2, 0.25) is 0 Å². The van der Waals surface area contributed by atoms with Gasteiger partial charge in [-0.25, -0.2) is 0 Å². The molecular formula is C48H36N2. The first kappa shape index (κ1) is 28.9. The molecule has 10 rings (SSSR count). The summed E-state index contributed by atoms with van der Waals surface area (Å²) in [5, 5.41) is 10.2. The molecule has 0 amide bonds. The lowest BCUT2D eigenvalue weighted by Crippen LogP contribution is -2.17. The number of hydrogen-bond acceptors (Lipinski definition) is 1. The van der Waals surface area contributed by atoms with Gasteiger partial charge >= 0.3 is 0 Å². The van der Waals surface area contributed by atoms with Crippen molar-refractivity contribution in [1.82, 2.24) is 4.57 Å². The summed E-state index contributed by atoms with van der Waals surface area (Å²) in [6.07, 6.45) is 16.0. The predicted molar refractivity (Wildman–Crippen MR) is 214 cm³/mol. The summed E-state index contributed by atoms with van der Waals surface area (Å²) in [5.41, 5.74) is 10.1. The molecule has 0 spiro atoms. The van der Waals surface area contributed by atoms with Crippen molar-refractivity contribution < 1.29 is 0 Å². The Balaban J connectivity index is 1.14. The molecule has 2 aliphatic rings. The molecule has 0 atom stereocenters. The Kier molecular flexibility index (Phi) is 6.80. The zero-order chi connectivity index (χ0) is 33.0. The molecule has 2 nitrogen and oxygen atoms in total. The minimum atomic E-state index is 1.03. The summed E-state index contributed by atoms with van der Waals surface area (Å²) >= 11 is 0. The molecule has 0 radical (unpaired) electrons. The maximum Gasteiger partial charge on any atom is 0.0547 e. The SMILES string of the molecule is C1=CCCC(C2=CC(N(c3ccc(-n4c5ccccc5c5c6ccccc6ccc54)cc3)c3ccc4ccc5ccccc5c4c3)=CCC2)=C1. The molecule has 2 heteroatoms. The highest BCUT2D eigenvalue weighted by molar-refractivity contribution is 6.21. The maximum atomic E-state index is 2.46. The molecule has 8 aromatic rings. The van der Waals surface area contributed by atoms with Crippen LogP contribution < -0.4 is 4.90 Å². The van der Waals surface area contributed by atoms with E-state index in [9.17, 15) is 0 Å². The Labute approximate surface area is 292 Å². The van der Waals surface area contributed by atoms with E-state index in [0.717, 1.165) is 37.1 Å². The number of aromatic nitrogens is 1. The van der Waals surface area contributed by atoms with E-state index in [1.165, 1.54) is 76.7 Å². The second kappa shape index (κ2) is 11.8. The van der Waals surface area contributed by atoms with E-state index in [4.69, 9.17) is 0 Å². The molecule has 1 heterocycles. The molecule has 238 valence electrons. The van der Waals surface area contributed by atoms with Crippen LogP contribution in [0, 0.1) is 0 Å². The van der Waals surface area contributed by atoms with E-state index in [2.05, 4.69) is 179 Å². The Hall–Kier alpha value is -6.12. The summed E-state index contributed by atoms with van der Waals surface area (Å²) in [7, 11) is 0. The number of hydrogen-bond donors (Lipinski definition) is 0. The zero-order valence-electron chi connectivity index (χ0n) is 27.9. The zero-order valence-corrected chi connectivity index (χ0v) is 27.9. The van der Waals surface area contributed by atoms with Gasteiger partial charge in [-0.05, 0) is 124 Å². The normalized spacial score (nSPS) is 14.8. The highest BCUT2D eigenvalue weighted by atomic mass is 15.1. The van der Waals surface area contributed by atoms with Gasteiger partial charge < -0.3 is 9.47 Å². The highest BCUT2D eigenvalue weighted by Crippen LogP contribution is 2.40. The van der Waals surface area contributed by atoms with Crippen LogP contribution in [-0.4, -0.2) is 4.57 Å². The standard InChI is InChI=1S/C48H36N2/c1-2-11-33(12-3-1)37-15-10-16-40(31-37)49(41-25-23-36-22-21-34-13-4-6-17-42(34)45(36)32-41)38-26-28-39(29-27-38)50-46-20-9-8-19-44(46)48-43-18-7-5-14-35(43)24-30-47(48)50/h1-2,4-9,11,13-14,16-32H,3,10,12,15H2. The van der Waals surface area contributed by atoms with Gasteiger partial charge in [-0.3, -0.25) is 0 Å². The minimum Gasteiger partial charge on any atom is -0.311 e. The fourth-order valence-electron chi connectivity index (χ4n) is 8.31. The lowest BCUT2D eigenvalue weighted by atomic mass is 9.90. The third-order valence-electron chi connectivity index (χ3n) is 10.7. The molecule has 0 unspecified atom stereocenters. The number of benzene rings is 7. The van der Waals surface area contributed by atoms with Gasteiger partial charge in [0.1, 0.15) is 0 Å². The van der Waals surface area contributed by atoms with Crippen molar-refractivity contribution in [2.45, 2.75) is 25.7 Å². The lowest BCUT2D eigenvalue weighted by molar-refractivity contribution is 0.884. The van der Waals surface area contributed by atoms with Crippen LogP contribution >= 0.6 is 0 Å². The molecule has 2 aliphatic carbocycles. The average molecular weight is 641 g/mol. The molecule has 50 heavy (non-hydrogen) atoms. The molecule has 0 saturated heterocycles. The highest BCUT2D eigenvalue weighted by Gasteiger charge is 2.20. The lowest BCUT2D eigenvalue weighted by Gasteiger charge is -2.30. The summed E-state index contributed by atoms with van der Waals surface area (Å²) in [4.78, 5) is 2.46. The van der Waals surface area contributed by atoms with Crippen LogP contribution in [0.25, 0.3) is 59.8 Å². The Bertz CT molecular complexity index is 2750. The van der Waals surface area contributed by atoms with Crippen molar-refractivity contribution in [3.8, 4) is 5.69 Å². The van der Waals surface area contributed by atoms with Gasteiger partial charge in [0.15, 0.2) is 0 Å². The number of anilines is 2. The van der Waals surface area contributed by atoms with Crippen molar-refractivity contribution in [3.63, 3.8) is 0 Å². The number of rotatable bonds is 5. The molecule has 7 aromatic carbocycles. The van der Waals surface area contributed by atoms with Crippen molar-refractivity contribution in [2.75, 3.05) is 4.90 Å². The number of para-hydroxylation sites is 1. The Morgan fingerprint density at radius 3 is 1.98 bits per heavy atom. The second-order valence-electron chi connectivity index (χ2n) is 13.6. The Morgan fingerprint density at radius 2 is 1.16 bits per heavy atom. The van der Waals surface area contributed by atoms with Crippen LogP contribution in [0.5, 0.6) is 0 Å². The fourth-order valence-corrected chi connectivity index (χ4v) is 8.31. The second-order valence-corrected chi connectivity index (χ2v) is 13.6. The molecule has 0 saturated carbocycles. The minimum absolute atomic E-state index is 1.03. The van der Waals surface area contributed by atoms with Crippen LogP contribution in [0.2, 0.25) is 0 Å². The van der Waals surface area contributed by atoms with Crippen LogP contribution in [0.1, 0.15) is 25.7 Å². The fraction of sp³-hybridized carbons (Fsp3) is 0.0833. The first-order chi connectivity index (χ1) is 24.8. The van der Waals surface area contributed by atoms with Crippen LogP contribution in [-0.2, 0) is 0 Å². The number of nitrogens with zero attached hydrogens (tertiary/aromatic N) is 2. The first-order valence-electron chi connectivity index (χ1n) is 17.8. The van der Waals surface area contributed by atoms with E-state index in [1.54, 1.807) is 0 Å². The summed E-state index contributed by atoms with van der Waals surface area (Å²) in [6.45, 7) is 0. The van der Waals surface area contributed by atoms with E-state index in [-0.39, 0.29) is 0 Å². The first-order valence-corrected chi connectivity index (χ1v) is 17.8. The van der Waals surface area contributed by atoms with E-state index in [1.807, 2.05) is 0 Å². The van der Waals surface area contributed by atoms with Crippen molar-refractivity contribution in [2.24, 2.45) is 0 Å². The van der Waals surface area contributed by atoms with Crippen LogP contribution in [0.3, 0.4) is 0 Å². The Morgan fingerprint density at radius 1 is 0.500 bits per heavy atom. The van der Waals surface area contributed by atoms with E-state index >= 15 is 0 Å². The van der Waals surface area contributed by atoms with Crippen LogP contribution in [0.15, 0.2) is 187 Å². The molecule has 0 fully saturated rings. The number of allylic oxidation sites excluding steroid dienone is 7. The molecule has 0 aliphatic heterocycles. The molecule has 0 N–H and O–H groups in total. The van der Waals surface area contributed by atoms with Gasteiger partial charge in [-0.15, -0.1) is 0 Å². The van der Waals surface area contributed by atoms with Gasteiger partial charge in [-0.1, -0.05) is 115 Å². The van der Waals surface area contributed by atoms with E-state index < -0.39 is 0 Å². The third kappa shape index (κ3) is 4.71. The molecular weight excluding hydrogens is 605 g/mol. The monoisotopic (exact) mass is 640 g/mol. The van der Waals surface area contributed by atoms with Crippen LogP contribution in [0.4, 0.5) is 11.4 Å². The van der Waals surface area contributed by atoms with Gasteiger partial charge in [-0.2, -0.15) is 0 Å². The van der Waals surface area contributed by atoms with Gasteiger partial charge in [0, 0.05) is 33.5 Å². The topological polar surface area (TPSA) is 8.17 Å². The van der Waals surface area contributed by atoms with Crippen molar-refractivity contribution >= 4 is 65.5 Å². The smallest absolute Gasteiger partial charge is 0.0547 e. The van der Waals surface area contributed by atoms with Crippen molar-refractivity contribution in [3.05, 3.63) is 187 Å². The van der Waals surface area contributed by atoms with Crippen molar-refractivity contribution in [1.29, 1.82) is 0 Å². The summed E-state index contributed by atoms with van der Waals surface area (Å²) in [5.74, 6) is 0.